The number of rotatable bonds is 8. The van der Waals surface area contributed by atoms with Gasteiger partial charge in [0.15, 0.2) is 0 Å². The van der Waals surface area contributed by atoms with Crippen molar-refractivity contribution in [3.8, 4) is 0 Å². The Morgan fingerprint density at radius 2 is 1.57 bits per heavy atom. The van der Waals surface area contributed by atoms with Gasteiger partial charge in [-0.25, -0.2) is 0 Å². The summed E-state index contributed by atoms with van der Waals surface area (Å²) in [7, 11) is 0. The van der Waals surface area contributed by atoms with Crippen LogP contribution in [0.5, 0.6) is 0 Å². The number of nitrogens with one attached hydrogen (secondary N) is 1. The van der Waals surface area contributed by atoms with E-state index in [9.17, 15) is 4.79 Å². The summed E-state index contributed by atoms with van der Waals surface area (Å²) in [5.74, 6) is 0.166. The molecule has 1 heterocycles. The first-order valence-corrected chi connectivity index (χ1v) is 10.8. The van der Waals surface area contributed by atoms with Crippen LogP contribution in [0.4, 0.5) is 0 Å². The first-order valence-electron chi connectivity index (χ1n) is 10.1. The van der Waals surface area contributed by atoms with Gasteiger partial charge in [0.25, 0.3) is 0 Å². The number of unbranched alkanes of at least 4 members (excludes halogenated alkanes) is 2. The number of likely N-dealkylation sites (tertiary alicyclic amines) is 1. The van der Waals surface area contributed by atoms with E-state index >= 15 is 0 Å². The van der Waals surface area contributed by atoms with Crippen molar-refractivity contribution in [1.82, 2.24) is 10.2 Å². The smallest absolute Gasteiger partial charge is 0.220 e. The van der Waals surface area contributed by atoms with Crippen LogP contribution in [0.2, 0.25) is 10.0 Å². The van der Waals surface area contributed by atoms with Gasteiger partial charge in [0.05, 0.1) is 12.1 Å². The summed E-state index contributed by atoms with van der Waals surface area (Å²) >= 11 is 12.2. The monoisotopic (exact) mass is 418 g/mol. The third kappa shape index (κ3) is 5.08. The number of halogens is 2. The highest BCUT2D eigenvalue weighted by Crippen LogP contribution is 2.36. The Balaban J connectivity index is 1.72. The molecule has 150 valence electrons. The van der Waals surface area contributed by atoms with Crippen molar-refractivity contribution in [2.75, 3.05) is 6.54 Å². The van der Waals surface area contributed by atoms with Crippen LogP contribution in [-0.4, -0.2) is 29.4 Å². The Kier molecular flexibility index (Phi) is 7.39. The van der Waals surface area contributed by atoms with Crippen LogP contribution in [-0.2, 0) is 4.79 Å². The number of nitrogens with zero attached hydrogens (tertiary/aromatic N) is 1. The van der Waals surface area contributed by atoms with Gasteiger partial charge in [-0.2, -0.15) is 0 Å². The minimum atomic E-state index is 0.109. The van der Waals surface area contributed by atoms with Crippen LogP contribution in [0.15, 0.2) is 48.5 Å². The summed E-state index contributed by atoms with van der Waals surface area (Å²) in [6.07, 6.45) is 3.82. The number of hydrogen-bond donors (Lipinski definition) is 1. The fraction of sp³-hybridized carbons (Fsp3) is 0.435. The maximum absolute atomic E-state index is 12.2. The van der Waals surface area contributed by atoms with Gasteiger partial charge in [-0.15, -0.1) is 0 Å². The molecule has 0 aromatic heterocycles. The first-order chi connectivity index (χ1) is 13.5. The fourth-order valence-electron chi connectivity index (χ4n) is 3.83. The normalized spacial score (nSPS) is 19.5. The molecule has 0 bridgehead atoms. The molecule has 0 saturated carbocycles. The fourth-order valence-corrected chi connectivity index (χ4v) is 4.08. The average Bonchev–Trinajstić information content (AvgIpc) is 2.69. The molecule has 1 aliphatic heterocycles. The molecule has 3 nitrogen and oxygen atoms in total. The molecule has 0 spiro atoms. The molecule has 1 N–H and O–H groups in total. The minimum Gasteiger partial charge on any atom is -0.351 e. The van der Waals surface area contributed by atoms with Gasteiger partial charge in [-0.3, -0.25) is 9.69 Å². The molecule has 1 aliphatic rings. The van der Waals surface area contributed by atoms with Crippen LogP contribution >= 0.6 is 23.2 Å². The van der Waals surface area contributed by atoms with Crippen molar-refractivity contribution in [1.29, 1.82) is 0 Å². The van der Waals surface area contributed by atoms with E-state index in [1.54, 1.807) is 0 Å². The van der Waals surface area contributed by atoms with E-state index in [0.717, 1.165) is 35.9 Å². The van der Waals surface area contributed by atoms with Gasteiger partial charge in [0.2, 0.25) is 5.91 Å². The summed E-state index contributed by atoms with van der Waals surface area (Å²) in [6.45, 7) is 5.16. The van der Waals surface area contributed by atoms with Crippen molar-refractivity contribution < 1.29 is 4.79 Å². The van der Waals surface area contributed by atoms with Crippen LogP contribution in [0.3, 0.4) is 0 Å². The van der Waals surface area contributed by atoms with Gasteiger partial charge in [0, 0.05) is 29.1 Å². The second-order valence-electron chi connectivity index (χ2n) is 7.57. The van der Waals surface area contributed by atoms with Crippen LogP contribution < -0.4 is 5.32 Å². The molecule has 2 unspecified atom stereocenters. The van der Waals surface area contributed by atoms with Crippen molar-refractivity contribution in [3.05, 3.63) is 69.7 Å². The van der Waals surface area contributed by atoms with Gasteiger partial charge >= 0.3 is 0 Å². The predicted molar refractivity (Wildman–Crippen MR) is 117 cm³/mol. The molecule has 3 rings (SSSR count). The first kappa shape index (κ1) is 21.2. The molecule has 1 fully saturated rings. The Bertz CT molecular complexity index is 731. The van der Waals surface area contributed by atoms with E-state index in [1.807, 2.05) is 24.3 Å². The summed E-state index contributed by atoms with van der Waals surface area (Å²) < 4.78 is 0. The maximum Gasteiger partial charge on any atom is 0.220 e. The van der Waals surface area contributed by atoms with Gasteiger partial charge < -0.3 is 5.32 Å². The Labute approximate surface area is 178 Å². The van der Waals surface area contributed by atoms with E-state index in [2.05, 4.69) is 48.3 Å². The number of carbonyl (C=O) groups is 1. The van der Waals surface area contributed by atoms with Crippen molar-refractivity contribution in [2.24, 2.45) is 0 Å². The van der Waals surface area contributed by atoms with Crippen LogP contribution in [0.1, 0.15) is 56.7 Å². The molecule has 0 radical (unpaired) electrons. The van der Waals surface area contributed by atoms with E-state index in [4.69, 9.17) is 23.2 Å². The molecule has 5 heteroatoms. The van der Waals surface area contributed by atoms with Gasteiger partial charge in [0.1, 0.15) is 0 Å². The van der Waals surface area contributed by atoms with E-state index in [-0.39, 0.29) is 24.0 Å². The molecule has 1 amide bonds. The molecule has 2 atom stereocenters. The lowest BCUT2D eigenvalue weighted by Crippen LogP contribution is -2.66. The second-order valence-corrected chi connectivity index (χ2v) is 8.45. The molecular formula is C23H28Cl2N2O. The summed E-state index contributed by atoms with van der Waals surface area (Å²) in [4.78, 5) is 14.6. The number of hydrogen-bond acceptors (Lipinski definition) is 2. The lowest BCUT2D eigenvalue weighted by Gasteiger charge is -2.51. The average molecular weight is 419 g/mol. The van der Waals surface area contributed by atoms with Crippen LogP contribution in [0, 0.1) is 0 Å². The van der Waals surface area contributed by atoms with Gasteiger partial charge in [-0.1, -0.05) is 67.2 Å². The predicted octanol–water partition coefficient (Wildman–Crippen LogP) is 5.85. The molecule has 1 saturated heterocycles. The highest BCUT2D eigenvalue weighted by molar-refractivity contribution is 6.30. The highest BCUT2D eigenvalue weighted by atomic mass is 35.5. The Hall–Kier alpha value is -1.55. The lowest BCUT2D eigenvalue weighted by atomic mass is 9.88. The van der Waals surface area contributed by atoms with Gasteiger partial charge in [-0.05, 0) is 48.7 Å². The molecule has 2 aromatic carbocycles. The lowest BCUT2D eigenvalue weighted by molar-refractivity contribution is -0.124. The van der Waals surface area contributed by atoms with Crippen LogP contribution in [0.25, 0.3) is 0 Å². The standard InChI is InChI=1S/C23H28Cl2N2O/c1-3-4-5-6-22(28)26-21-15-27(16(21)2)23(17-7-11-19(24)12-8-17)18-9-13-20(25)14-10-18/h7-14,16,21,23H,3-6,15H2,1-2H3,(H,26,28). The number of amides is 1. The highest BCUT2D eigenvalue weighted by Gasteiger charge is 2.41. The molecule has 0 aliphatic carbocycles. The Morgan fingerprint density at radius 3 is 2.04 bits per heavy atom. The van der Waals surface area contributed by atoms with Crippen molar-refractivity contribution in [2.45, 2.75) is 57.7 Å². The van der Waals surface area contributed by atoms with E-state index < -0.39 is 0 Å². The Morgan fingerprint density at radius 1 is 1.04 bits per heavy atom. The summed E-state index contributed by atoms with van der Waals surface area (Å²) in [5.41, 5.74) is 2.37. The molecule has 28 heavy (non-hydrogen) atoms. The number of carbonyl (C=O) groups excluding carboxylic acids is 1. The summed E-state index contributed by atoms with van der Waals surface area (Å²) in [6, 6.07) is 16.6. The zero-order valence-corrected chi connectivity index (χ0v) is 18.0. The quantitative estimate of drug-likeness (QED) is 0.544. The zero-order chi connectivity index (χ0) is 20.1. The molecular weight excluding hydrogens is 391 g/mol. The summed E-state index contributed by atoms with van der Waals surface area (Å²) in [5, 5.41) is 4.67. The zero-order valence-electron chi connectivity index (χ0n) is 16.5. The maximum atomic E-state index is 12.2. The number of benzene rings is 2. The third-order valence-corrected chi connectivity index (χ3v) is 6.07. The SMILES string of the molecule is CCCCCC(=O)NC1CN(C(c2ccc(Cl)cc2)c2ccc(Cl)cc2)C1C. The van der Waals surface area contributed by atoms with Crippen molar-refractivity contribution >= 4 is 29.1 Å². The molecule has 2 aromatic rings. The van der Waals surface area contributed by atoms with E-state index in [1.165, 1.54) is 11.1 Å². The minimum absolute atomic E-state index is 0.109. The largest absolute Gasteiger partial charge is 0.351 e. The van der Waals surface area contributed by atoms with Crippen molar-refractivity contribution in [3.63, 3.8) is 0 Å². The third-order valence-electron chi connectivity index (χ3n) is 5.57. The second kappa shape index (κ2) is 9.78. The van der Waals surface area contributed by atoms with E-state index in [0.29, 0.717) is 6.42 Å². The topological polar surface area (TPSA) is 32.3 Å².